The van der Waals surface area contributed by atoms with E-state index in [-0.39, 0.29) is 17.6 Å². The largest absolute Gasteiger partial charge is 0.393 e. The Morgan fingerprint density at radius 3 is 2.65 bits per heavy atom. The van der Waals surface area contributed by atoms with Gasteiger partial charge in [-0.3, -0.25) is 0 Å². The van der Waals surface area contributed by atoms with Gasteiger partial charge in [0.25, 0.3) is 0 Å². The van der Waals surface area contributed by atoms with Gasteiger partial charge in [-0.25, -0.2) is 0 Å². The van der Waals surface area contributed by atoms with E-state index in [1.807, 2.05) is 0 Å². The van der Waals surface area contributed by atoms with Crippen molar-refractivity contribution in [1.82, 2.24) is 0 Å². The summed E-state index contributed by atoms with van der Waals surface area (Å²) in [6, 6.07) is 0. The van der Waals surface area contributed by atoms with Gasteiger partial charge < -0.3 is 19.3 Å². The van der Waals surface area contributed by atoms with Crippen LogP contribution in [0, 0.1) is 35.0 Å². The van der Waals surface area contributed by atoms with Gasteiger partial charge in [-0.1, -0.05) is 25.5 Å². The Balaban J connectivity index is 1.26. The summed E-state index contributed by atoms with van der Waals surface area (Å²) in [5.41, 5.74) is 1.78. The molecule has 5 fully saturated rings. The molecule has 2 saturated heterocycles. The maximum absolute atomic E-state index is 10.3. The summed E-state index contributed by atoms with van der Waals surface area (Å²) < 4.78 is 18.9. The number of rotatable bonds is 0. The van der Waals surface area contributed by atoms with Crippen molar-refractivity contribution in [2.45, 2.75) is 76.5 Å². The van der Waals surface area contributed by atoms with Gasteiger partial charge in [-0.2, -0.15) is 0 Å². The summed E-state index contributed by atoms with van der Waals surface area (Å²) in [6.45, 7) is 5.95. The first kappa shape index (κ1) is 16.5. The van der Waals surface area contributed by atoms with Crippen molar-refractivity contribution in [2.24, 2.45) is 35.0 Å². The minimum Gasteiger partial charge on any atom is -0.393 e. The first-order chi connectivity index (χ1) is 12.5. The fraction of sp³-hybridized carbons (Fsp3) is 0.909. The Bertz CT molecular complexity index is 630. The predicted molar refractivity (Wildman–Crippen MR) is 96.3 cm³/mol. The van der Waals surface area contributed by atoms with Crippen LogP contribution >= 0.6 is 0 Å². The lowest BCUT2D eigenvalue weighted by Gasteiger charge is -2.51. The molecule has 3 saturated carbocycles. The molecule has 26 heavy (non-hydrogen) atoms. The maximum Gasteiger partial charge on any atom is 0.197 e. The molecular formula is C22H32O4. The number of epoxide rings is 1. The van der Waals surface area contributed by atoms with Crippen LogP contribution in [0.4, 0.5) is 0 Å². The smallest absolute Gasteiger partial charge is 0.197 e. The summed E-state index contributed by atoms with van der Waals surface area (Å²) in [5.74, 6) is 2.64. The molecule has 0 amide bonds. The van der Waals surface area contributed by atoms with Crippen LogP contribution in [0.25, 0.3) is 0 Å². The predicted octanol–water partition coefficient (Wildman–Crippen LogP) is 3.29. The highest BCUT2D eigenvalue weighted by molar-refractivity contribution is 5.28. The van der Waals surface area contributed by atoms with E-state index >= 15 is 0 Å². The highest BCUT2D eigenvalue weighted by Crippen LogP contribution is 2.62. The molecule has 0 aromatic heterocycles. The summed E-state index contributed by atoms with van der Waals surface area (Å²) in [7, 11) is 0. The van der Waals surface area contributed by atoms with E-state index in [2.05, 4.69) is 19.9 Å². The molecule has 4 aliphatic carbocycles. The zero-order valence-electron chi connectivity index (χ0n) is 16.0. The van der Waals surface area contributed by atoms with Crippen molar-refractivity contribution in [3.8, 4) is 0 Å². The Labute approximate surface area is 156 Å². The maximum atomic E-state index is 10.3. The van der Waals surface area contributed by atoms with E-state index in [0.717, 1.165) is 32.5 Å². The molecule has 2 heterocycles. The molecule has 1 spiro atoms. The van der Waals surface area contributed by atoms with E-state index in [0.29, 0.717) is 35.7 Å². The van der Waals surface area contributed by atoms with Crippen molar-refractivity contribution in [3.05, 3.63) is 11.6 Å². The molecule has 6 rings (SSSR count). The third kappa shape index (κ3) is 2.22. The van der Waals surface area contributed by atoms with Crippen LogP contribution in [0.1, 0.15) is 52.4 Å². The average molecular weight is 360 g/mol. The lowest BCUT2D eigenvalue weighted by atomic mass is 9.57. The Morgan fingerprint density at radius 2 is 1.85 bits per heavy atom. The van der Waals surface area contributed by atoms with Gasteiger partial charge in [0, 0.05) is 17.8 Å². The first-order valence-electron chi connectivity index (χ1n) is 10.8. The van der Waals surface area contributed by atoms with E-state index in [1.165, 1.54) is 19.3 Å². The van der Waals surface area contributed by atoms with Crippen LogP contribution in [0.2, 0.25) is 0 Å². The fourth-order valence-corrected chi connectivity index (χ4v) is 7.11. The monoisotopic (exact) mass is 360 g/mol. The number of ether oxygens (including phenoxy) is 3. The standard InChI is InChI=1S/C22H32O4/c1-21(2)10-24-22(25-11-21)9-12-3-4-14-13-7-8-17(23)15(13)5-6-16(14)18(12)19-20(22)26-19/h6,12-15,17-20,23H,3-5,7-11H2,1-2H3/t12?,13-,14-,15-,17+,18+,19?,20?/m0/s1. The highest BCUT2D eigenvalue weighted by atomic mass is 16.8. The lowest BCUT2D eigenvalue weighted by Crippen LogP contribution is -2.57. The van der Waals surface area contributed by atoms with Crippen molar-refractivity contribution in [2.75, 3.05) is 13.2 Å². The summed E-state index contributed by atoms with van der Waals surface area (Å²) in [4.78, 5) is 0. The summed E-state index contributed by atoms with van der Waals surface area (Å²) >= 11 is 0. The number of aliphatic hydroxyl groups excluding tert-OH is 1. The van der Waals surface area contributed by atoms with Gasteiger partial charge >= 0.3 is 0 Å². The molecular weight excluding hydrogens is 328 g/mol. The van der Waals surface area contributed by atoms with Crippen LogP contribution in [0.5, 0.6) is 0 Å². The SMILES string of the molecule is CC1(C)COC2(CC3CC[C@@H]4C(=CC[C@H]5[C@H]4CC[C@H]5O)[C@@H]3C3OC32)OC1. The fourth-order valence-electron chi connectivity index (χ4n) is 7.11. The Morgan fingerprint density at radius 1 is 1.04 bits per heavy atom. The van der Waals surface area contributed by atoms with Crippen molar-refractivity contribution in [3.63, 3.8) is 0 Å². The van der Waals surface area contributed by atoms with Gasteiger partial charge in [0.15, 0.2) is 5.79 Å². The van der Waals surface area contributed by atoms with Crippen molar-refractivity contribution in [1.29, 1.82) is 0 Å². The van der Waals surface area contributed by atoms with E-state index in [1.54, 1.807) is 5.57 Å². The molecule has 4 nitrogen and oxygen atoms in total. The van der Waals surface area contributed by atoms with Gasteiger partial charge in [0.2, 0.25) is 0 Å². The minimum absolute atomic E-state index is 0.0672. The number of hydrogen-bond donors (Lipinski definition) is 1. The molecule has 3 unspecified atom stereocenters. The average Bonchev–Trinajstić information content (AvgIpc) is 3.35. The normalized spacial score (nSPS) is 53.1. The number of hydrogen-bond acceptors (Lipinski definition) is 4. The third-order valence-corrected chi connectivity index (χ3v) is 8.43. The second-order valence-corrected chi connectivity index (χ2v) is 10.7. The molecule has 0 aromatic rings. The van der Waals surface area contributed by atoms with Crippen molar-refractivity contribution >= 4 is 0 Å². The molecule has 8 atom stereocenters. The molecule has 1 N–H and O–H groups in total. The lowest BCUT2D eigenvalue weighted by molar-refractivity contribution is -0.318. The molecule has 4 heteroatoms. The number of aliphatic hydroxyl groups is 1. The van der Waals surface area contributed by atoms with Gasteiger partial charge in [0.05, 0.1) is 25.4 Å². The third-order valence-electron chi connectivity index (χ3n) is 8.43. The van der Waals surface area contributed by atoms with E-state index in [9.17, 15) is 5.11 Å². The van der Waals surface area contributed by atoms with E-state index < -0.39 is 5.79 Å². The Hall–Kier alpha value is -0.420. The molecule has 0 aromatic carbocycles. The second kappa shape index (κ2) is 5.34. The summed E-state index contributed by atoms with van der Waals surface area (Å²) in [5, 5.41) is 10.3. The van der Waals surface area contributed by atoms with Crippen LogP contribution in [-0.2, 0) is 14.2 Å². The van der Waals surface area contributed by atoms with Gasteiger partial charge in [-0.05, 0) is 55.8 Å². The topological polar surface area (TPSA) is 51.2 Å². The molecule has 0 bridgehead atoms. The minimum atomic E-state index is -0.477. The molecule has 6 aliphatic rings. The van der Waals surface area contributed by atoms with Gasteiger partial charge in [-0.15, -0.1) is 0 Å². The van der Waals surface area contributed by atoms with Crippen LogP contribution in [0.3, 0.4) is 0 Å². The van der Waals surface area contributed by atoms with Crippen LogP contribution < -0.4 is 0 Å². The van der Waals surface area contributed by atoms with Crippen LogP contribution in [-0.4, -0.2) is 42.4 Å². The summed E-state index contributed by atoms with van der Waals surface area (Å²) in [6.07, 6.45) is 9.69. The zero-order valence-corrected chi connectivity index (χ0v) is 16.0. The molecule has 144 valence electrons. The number of allylic oxidation sites excluding steroid dienone is 1. The zero-order chi connectivity index (χ0) is 17.7. The second-order valence-electron chi connectivity index (χ2n) is 10.7. The van der Waals surface area contributed by atoms with Crippen molar-refractivity contribution < 1.29 is 19.3 Å². The van der Waals surface area contributed by atoms with Crippen LogP contribution in [0.15, 0.2) is 11.6 Å². The van der Waals surface area contributed by atoms with E-state index in [4.69, 9.17) is 14.2 Å². The molecule has 0 radical (unpaired) electrons. The van der Waals surface area contributed by atoms with Gasteiger partial charge in [0.1, 0.15) is 6.10 Å². The quantitative estimate of drug-likeness (QED) is 0.532. The molecule has 2 aliphatic heterocycles. The first-order valence-corrected chi connectivity index (χ1v) is 10.8. The number of fused-ring (bicyclic) bond motifs is 8. The highest BCUT2D eigenvalue weighted by Gasteiger charge is 2.68. The Kier molecular flexibility index (Phi) is 3.40.